The van der Waals surface area contributed by atoms with Crippen LogP contribution in [0.4, 0.5) is 16.3 Å². The molecule has 1 saturated heterocycles. The Morgan fingerprint density at radius 3 is 2.38 bits per heavy atom. The Morgan fingerprint density at radius 2 is 1.60 bits per heavy atom. The van der Waals surface area contributed by atoms with Gasteiger partial charge >= 0.3 is 21.7 Å². The van der Waals surface area contributed by atoms with Crippen LogP contribution in [0.5, 0.6) is 11.5 Å². The lowest BCUT2D eigenvalue weighted by Gasteiger charge is -2.39. The maximum absolute atomic E-state index is 13.8. The first kappa shape index (κ1) is 57.8. The predicted molar refractivity (Wildman–Crippen MR) is 290 cm³/mol. The standard InChI is InChI=1S/C50H60N10O18P2S2/c51-47-40-48(55-26-54-47)60(27-56-40)49-46(43(62)36(75-49)25-74-80(67,68)78-79(64,65)66)77-50(63)53-17-16-52-38(61)12-2-1-3-15-57-81(69,70)30-13-14-31(37(24-30)82(71,72)73)39-34-22-28-8-4-18-58-20-6-10-32(41(28)58)44(34)76-45-33-11-7-21-59-19-5-9-29(42(33)59)23-35(39)45/h13-14,22-24,26-27,36,43,46,49,57,62H,1-12,15-21,25H2,(H7-,51,52,53,54,55,61,63,64,65,66,67,68,71,72,73)/p+1/t36-,43-,46-,49-/m1/s1. The van der Waals surface area contributed by atoms with E-state index in [1.54, 1.807) is 0 Å². The zero-order chi connectivity index (χ0) is 57.9. The number of sulfonamides is 1. The maximum Gasteiger partial charge on any atom is 0.481 e. The Morgan fingerprint density at radius 1 is 0.854 bits per heavy atom. The van der Waals surface area contributed by atoms with Gasteiger partial charge in [-0.25, -0.2) is 46.6 Å². The third-order valence-electron chi connectivity index (χ3n) is 15.4. The second kappa shape index (κ2) is 22.9. The van der Waals surface area contributed by atoms with Crippen LogP contribution in [0.1, 0.15) is 91.0 Å². The Kier molecular flexibility index (Phi) is 16.1. The first-order valence-corrected chi connectivity index (χ1v) is 32.8. The zero-order valence-corrected chi connectivity index (χ0v) is 47.4. The van der Waals surface area contributed by atoms with Crippen LogP contribution in [0.15, 0.2) is 52.8 Å². The fourth-order valence-electron chi connectivity index (χ4n) is 12.0. The summed E-state index contributed by atoms with van der Waals surface area (Å²) in [5.74, 6) is 0.945. The quantitative estimate of drug-likeness (QED) is 0.0225. The summed E-state index contributed by atoms with van der Waals surface area (Å²) in [4.78, 5) is 67.0. The smallest absolute Gasteiger partial charge is 0.455 e. The molecule has 0 bridgehead atoms. The van der Waals surface area contributed by atoms with E-state index in [2.05, 4.69) is 60.8 Å². The third kappa shape index (κ3) is 11.8. The number of imidazole rings is 1. The molecular formula is C50H61N10O18P2S2+. The number of anilines is 2. The summed E-state index contributed by atoms with van der Waals surface area (Å²) in [6.45, 7) is 2.51. The van der Waals surface area contributed by atoms with Gasteiger partial charge in [-0.05, 0) is 81.2 Å². The lowest BCUT2D eigenvalue weighted by Crippen LogP contribution is -2.45. The number of benzene rings is 3. The van der Waals surface area contributed by atoms with E-state index >= 15 is 0 Å². The summed E-state index contributed by atoms with van der Waals surface area (Å²) in [5, 5.41) is 18.1. The van der Waals surface area contributed by atoms with Gasteiger partial charge in [0.2, 0.25) is 21.3 Å². The number of nitrogen functional groups attached to an aromatic ring is 1. The van der Waals surface area contributed by atoms with E-state index in [9.17, 15) is 50.1 Å². The van der Waals surface area contributed by atoms with Gasteiger partial charge in [-0.15, -0.1) is 0 Å². The van der Waals surface area contributed by atoms with Crippen molar-refractivity contribution >= 4 is 76.0 Å². The molecule has 0 radical (unpaired) electrons. The Balaban J connectivity index is 0.707. The molecule has 6 aliphatic rings. The molecular weight excluding hydrogens is 1150 g/mol. The van der Waals surface area contributed by atoms with Crippen LogP contribution >= 0.6 is 15.6 Å². The number of phosphoric ester groups is 1. The minimum Gasteiger partial charge on any atom is -0.455 e. The molecule has 1 fully saturated rings. The number of alkyl carbamates (subject to hydrolysis) is 1. The number of aromatic nitrogens is 4. The molecule has 1 unspecified atom stereocenters. The summed E-state index contributed by atoms with van der Waals surface area (Å²) in [6, 6.07) is 8.01. The van der Waals surface area contributed by atoms with E-state index in [0.29, 0.717) is 47.1 Å². The first-order chi connectivity index (χ1) is 39.0. The van der Waals surface area contributed by atoms with E-state index in [0.717, 1.165) is 112 Å². The van der Waals surface area contributed by atoms with E-state index < -0.39 is 77.9 Å². The van der Waals surface area contributed by atoms with Crippen LogP contribution in [0.2, 0.25) is 0 Å². The van der Waals surface area contributed by atoms with Crippen molar-refractivity contribution in [2.24, 2.45) is 0 Å². The van der Waals surface area contributed by atoms with Gasteiger partial charge in [0.1, 0.15) is 53.5 Å². The summed E-state index contributed by atoms with van der Waals surface area (Å²) in [7, 11) is -20.2. The number of phosphoric acid groups is 2. The number of unbranched alkanes of at least 4 members (excludes halogenated alkanes) is 2. The van der Waals surface area contributed by atoms with E-state index in [1.807, 2.05) is 0 Å². The second-order valence-corrected chi connectivity index (χ2v) is 26.8. The first-order valence-electron chi connectivity index (χ1n) is 26.8. The number of aliphatic hydroxyl groups is 1. The van der Waals surface area contributed by atoms with Gasteiger partial charge < -0.3 is 55.3 Å². The minimum absolute atomic E-state index is 0.0172. The lowest BCUT2D eigenvalue weighted by molar-refractivity contribution is -0.121. The number of nitrogens with one attached hydrogen (secondary N) is 3. The summed E-state index contributed by atoms with van der Waals surface area (Å²) in [6.07, 6.45) is 3.03. The van der Waals surface area contributed by atoms with Crippen LogP contribution < -0.4 is 45.9 Å². The zero-order valence-electron chi connectivity index (χ0n) is 44.0. The van der Waals surface area contributed by atoms with Crippen molar-refractivity contribution in [1.82, 2.24) is 39.5 Å². The van der Waals surface area contributed by atoms with Gasteiger partial charge in [0.15, 0.2) is 23.8 Å². The molecule has 82 heavy (non-hydrogen) atoms. The fourth-order valence-corrected chi connectivity index (χ4v) is 15.5. The molecule has 10 N–H and O–H groups in total. The number of amides is 2. The number of rotatable bonds is 20. The van der Waals surface area contributed by atoms with Gasteiger partial charge in [0.25, 0.3) is 10.1 Å². The number of carbonyl (C=O) groups excluding carboxylic acids is 2. The average molecular weight is 1220 g/mol. The Labute approximate surface area is 469 Å². The number of aliphatic hydroxyl groups excluding tert-OH is 1. The SMILES string of the molecule is Nc1ncnc2c1ncn2[C@@H]1O[C@H](COP(=O)(O)OP(=O)(O)O)[C@@H](O)[C@H]1OC(=O)NCCNC(=O)CCCCCNS(=O)(=O)c1ccc(C2=c3cc4c5c(c3Oc3c2cc2c6c3CCCN6CCC2)CCC[N+]=5CCC4)c(S(=O)(=O)O)c1. The number of hydrogen-bond donors (Lipinski definition) is 9. The molecule has 5 atom stereocenters. The molecule has 8 heterocycles. The molecule has 5 aromatic rings. The van der Waals surface area contributed by atoms with Gasteiger partial charge in [0.05, 0.1) is 23.4 Å². The van der Waals surface area contributed by atoms with Crippen molar-refractivity contribution in [3.8, 4) is 11.5 Å². The predicted octanol–water partition coefficient (Wildman–Crippen LogP) is 1.33. The third-order valence-corrected chi connectivity index (χ3v) is 19.9. The molecule has 0 spiro atoms. The lowest BCUT2D eigenvalue weighted by atomic mass is 9.82. The van der Waals surface area contributed by atoms with Crippen molar-refractivity contribution < 1.29 is 82.9 Å². The summed E-state index contributed by atoms with van der Waals surface area (Å²) < 4.78 is 122. The molecule has 28 nitrogen and oxygen atoms in total. The molecule has 11 rings (SSSR count). The number of hydrogen-bond acceptors (Lipinski definition) is 19. The number of fused-ring (bicyclic) bond motifs is 5. The molecule has 2 amide bonds. The van der Waals surface area contributed by atoms with Gasteiger partial charge in [-0.1, -0.05) is 12.5 Å². The van der Waals surface area contributed by atoms with Crippen molar-refractivity contribution in [2.45, 2.75) is 111 Å². The summed E-state index contributed by atoms with van der Waals surface area (Å²) in [5.41, 5.74) is 13.2. The highest BCUT2D eigenvalue weighted by atomic mass is 32.2. The van der Waals surface area contributed by atoms with Crippen LogP contribution in [0.25, 0.3) is 16.7 Å². The van der Waals surface area contributed by atoms with Crippen LogP contribution in [-0.4, -0.2) is 143 Å². The monoisotopic (exact) mass is 1220 g/mol. The van der Waals surface area contributed by atoms with E-state index in [1.165, 1.54) is 34.1 Å². The molecule has 440 valence electrons. The maximum atomic E-state index is 13.8. The molecule has 0 aliphatic carbocycles. The molecule has 3 aromatic carbocycles. The van der Waals surface area contributed by atoms with Crippen LogP contribution in [0, 0.1) is 0 Å². The van der Waals surface area contributed by atoms with E-state index in [-0.39, 0.29) is 59.4 Å². The minimum atomic E-state index is -5.48. The van der Waals surface area contributed by atoms with Crippen molar-refractivity contribution in [1.29, 1.82) is 0 Å². The number of carbonyl (C=O) groups is 2. The highest BCUT2D eigenvalue weighted by Gasteiger charge is 2.49. The van der Waals surface area contributed by atoms with Crippen molar-refractivity contribution in [2.75, 3.05) is 63.1 Å². The molecule has 6 aliphatic heterocycles. The number of nitrogens with two attached hydrogens (primary N) is 1. The van der Waals surface area contributed by atoms with Crippen molar-refractivity contribution in [3.63, 3.8) is 0 Å². The highest BCUT2D eigenvalue weighted by molar-refractivity contribution is 7.89. The van der Waals surface area contributed by atoms with Crippen molar-refractivity contribution in [3.05, 3.63) is 86.9 Å². The second-order valence-electron chi connectivity index (χ2n) is 20.8. The van der Waals surface area contributed by atoms with E-state index in [4.69, 9.17) is 29.7 Å². The van der Waals surface area contributed by atoms with Gasteiger partial charge in [0, 0.05) is 90.7 Å². The number of nitrogens with zero attached hydrogens (tertiary/aromatic N) is 6. The average Bonchev–Trinajstić information content (AvgIpc) is 2.99. The Bertz CT molecular complexity index is 3880. The molecule has 32 heteroatoms. The van der Waals surface area contributed by atoms with Gasteiger partial charge in [-0.2, -0.15) is 12.7 Å². The van der Waals surface area contributed by atoms with Gasteiger partial charge in [-0.3, -0.25) is 18.4 Å². The molecule has 2 aromatic heterocycles. The topological polar surface area (TPSA) is 396 Å². The summed E-state index contributed by atoms with van der Waals surface area (Å²) >= 11 is 0. The number of ether oxygens (including phenoxy) is 3. The fraction of sp³-hybridized carbons (Fsp3) is 0.480. The Hall–Kier alpha value is -5.98. The van der Waals surface area contributed by atoms with Crippen LogP contribution in [0.3, 0.4) is 0 Å². The normalized spacial score (nSPS) is 21.0. The largest absolute Gasteiger partial charge is 0.481 e. The number of aryl methyl sites for hydroxylation is 2. The van der Waals surface area contributed by atoms with Crippen LogP contribution in [-0.2, 0) is 78.1 Å². The molecule has 0 saturated carbocycles. The highest BCUT2D eigenvalue weighted by Crippen LogP contribution is 2.58.